The molecule has 0 aliphatic carbocycles. The molecule has 1 aromatic carbocycles. The van der Waals surface area contributed by atoms with Crippen molar-refractivity contribution in [3.05, 3.63) is 35.1 Å². The first-order chi connectivity index (χ1) is 7.27. The molecule has 0 radical (unpaired) electrons. The molecule has 0 saturated carbocycles. The Balaban J connectivity index is 2.85. The first-order valence-corrected chi connectivity index (χ1v) is 4.66. The Hall–Kier alpha value is -1.66. The summed E-state index contributed by atoms with van der Waals surface area (Å²) in [6.45, 7) is 0.777. The third kappa shape index (κ3) is 3.53. The molecule has 1 aromatic rings. The van der Waals surface area contributed by atoms with Gasteiger partial charge in [0.05, 0.1) is 0 Å². The normalized spacial score (nSPS) is 9.20. The fourth-order valence-corrected chi connectivity index (χ4v) is 1.08. The summed E-state index contributed by atoms with van der Waals surface area (Å²) in [4.78, 5) is 10.6. The molecule has 0 amide bonds. The number of hydrogen-bond donors (Lipinski definition) is 1. The molecule has 0 fully saturated rings. The minimum Gasteiger partial charge on any atom is -0.319 e. The van der Waals surface area contributed by atoms with Crippen molar-refractivity contribution in [2.45, 2.75) is 6.42 Å². The lowest BCUT2D eigenvalue weighted by molar-refractivity contribution is 0.112. The van der Waals surface area contributed by atoms with Gasteiger partial charge < -0.3 is 5.32 Å². The van der Waals surface area contributed by atoms with E-state index in [9.17, 15) is 9.18 Å². The molecular formula is C12H12FNO. The van der Waals surface area contributed by atoms with E-state index < -0.39 is 0 Å². The van der Waals surface area contributed by atoms with Crippen LogP contribution in [0.25, 0.3) is 0 Å². The fourth-order valence-electron chi connectivity index (χ4n) is 1.08. The van der Waals surface area contributed by atoms with Crippen LogP contribution in [0.3, 0.4) is 0 Å². The van der Waals surface area contributed by atoms with Gasteiger partial charge in [0.25, 0.3) is 0 Å². The average molecular weight is 205 g/mol. The quantitative estimate of drug-likeness (QED) is 0.461. The molecule has 0 aliphatic rings. The van der Waals surface area contributed by atoms with E-state index in [4.69, 9.17) is 0 Å². The minimum absolute atomic E-state index is 0.376. The van der Waals surface area contributed by atoms with E-state index in [1.54, 1.807) is 0 Å². The highest BCUT2D eigenvalue weighted by Gasteiger charge is 1.99. The second-order valence-corrected chi connectivity index (χ2v) is 3.00. The van der Waals surface area contributed by atoms with Crippen LogP contribution in [0.2, 0.25) is 0 Å². The predicted molar refractivity (Wildman–Crippen MR) is 57.2 cm³/mol. The largest absolute Gasteiger partial charge is 0.319 e. The summed E-state index contributed by atoms with van der Waals surface area (Å²) in [5.74, 6) is 5.27. The van der Waals surface area contributed by atoms with Gasteiger partial charge in [-0.25, -0.2) is 4.39 Å². The SMILES string of the molecule is CNCCC#Cc1cc(F)ccc1C=O. The molecule has 0 saturated heterocycles. The van der Waals surface area contributed by atoms with Gasteiger partial charge >= 0.3 is 0 Å². The van der Waals surface area contributed by atoms with Crippen molar-refractivity contribution in [2.75, 3.05) is 13.6 Å². The standard InChI is InChI=1S/C12H12FNO/c1-14-7-3-2-4-10-8-12(13)6-5-11(10)9-15/h5-6,8-9,14H,3,7H2,1H3. The Bertz CT molecular complexity index is 404. The Labute approximate surface area is 88.5 Å². The Morgan fingerprint density at radius 1 is 1.53 bits per heavy atom. The van der Waals surface area contributed by atoms with Crippen LogP contribution in [-0.4, -0.2) is 19.9 Å². The zero-order chi connectivity index (χ0) is 11.1. The number of aldehydes is 1. The van der Waals surface area contributed by atoms with Gasteiger partial charge in [0.2, 0.25) is 0 Å². The molecule has 0 aliphatic heterocycles. The highest BCUT2D eigenvalue weighted by atomic mass is 19.1. The van der Waals surface area contributed by atoms with Crippen LogP contribution in [0.5, 0.6) is 0 Å². The van der Waals surface area contributed by atoms with Crippen molar-refractivity contribution in [3.63, 3.8) is 0 Å². The van der Waals surface area contributed by atoms with Crippen molar-refractivity contribution in [2.24, 2.45) is 0 Å². The fraction of sp³-hybridized carbons (Fsp3) is 0.250. The molecule has 3 heteroatoms. The number of carbonyl (C=O) groups is 1. The molecular weight excluding hydrogens is 193 g/mol. The van der Waals surface area contributed by atoms with Crippen molar-refractivity contribution in [3.8, 4) is 11.8 Å². The van der Waals surface area contributed by atoms with E-state index in [-0.39, 0.29) is 5.82 Å². The van der Waals surface area contributed by atoms with Crippen LogP contribution in [0, 0.1) is 17.7 Å². The molecule has 0 atom stereocenters. The minimum atomic E-state index is -0.376. The van der Waals surface area contributed by atoms with Gasteiger partial charge in [-0.2, -0.15) is 0 Å². The van der Waals surface area contributed by atoms with Crippen LogP contribution < -0.4 is 5.32 Å². The molecule has 0 heterocycles. The van der Waals surface area contributed by atoms with E-state index in [1.165, 1.54) is 18.2 Å². The number of benzene rings is 1. The van der Waals surface area contributed by atoms with E-state index in [0.717, 1.165) is 6.54 Å². The van der Waals surface area contributed by atoms with E-state index in [1.807, 2.05) is 7.05 Å². The smallest absolute Gasteiger partial charge is 0.151 e. The highest BCUT2D eigenvalue weighted by Crippen LogP contribution is 2.07. The monoisotopic (exact) mass is 205 g/mol. The van der Waals surface area contributed by atoms with Crippen LogP contribution in [0.15, 0.2) is 18.2 Å². The maximum atomic E-state index is 12.9. The third-order valence-corrected chi connectivity index (χ3v) is 1.87. The van der Waals surface area contributed by atoms with Crippen LogP contribution >= 0.6 is 0 Å². The third-order valence-electron chi connectivity index (χ3n) is 1.87. The molecule has 1 rings (SSSR count). The number of carbonyl (C=O) groups excluding carboxylic acids is 1. The number of nitrogens with one attached hydrogen (secondary N) is 1. The summed E-state index contributed by atoms with van der Waals surface area (Å²) in [5.41, 5.74) is 0.870. The van der Waals surface area contributed by atoms with Gasteiger partial charge in [-0.15, -0.1) is 0 Å². The average Bonchev–Trinajstić information content (AvgIpc) is 2.25. The zero-order valence-corrected chi connectivity index (χ0v) is 8.51. The number of rotatable bonds is 3. The summed E-state index contributed by atoms with van der Waals surface area (Å²) < 4.78 is 12.9. The topological polar surface area (TPSA) is 29.1 Å². The van der Waals surface area contributed by atoms with E-state index >= 15 is 0 Å². The summed E-state index contributed by atoms with van der Waals surface area (Å²) in [5, 5.41) is 2.95. The maximum Gasteiger partial charge on any atom is 0.151 e. The number of hydrogen-bond acceptors (Lipinski definition) is 2. The Morgan fingerprint density at radius 3 is 3.00 bits per heavy atom. The van der Waals surface area contributed by atoms with Gasteiger partial charge in [0, 0.05) is 24.1 Å². The molecule has 0 aromatic heterocycles. The van der Waals surface area contributed by atoms with Gasteiger partial charge in [-0.05, 0) is 25.2 Å². The van der Waals surface area contributed by atoms with Gasteiger partial charge in [0.15, 0.2) is 6.29 Å². The van der Waals surface area contributed by atoms with Gasteiger partial charge in [-0.1, -0.05) is 11.8 Å². The summed E-state index contributed by atoms with van der Waals surface area (Å²) in [6.07, 6.45) is 1.35. The zero-order valence-electron chi connectivity index (χ0n) is 8.51. The lowest BCUT2D eigenvalue weighted by atomic mass is 10.1. The predicted octanol–water partition coefficient (Wildman–Crippen LogP) is 1.60. The Morgan fingerprint density at radius 2 is 2.33 bits per heavy atom. The van der Waals surface area contributed by atoms with Crippen LogP contribution in [-0.2, 0) is 0 Å². The summed E-state index contributed by atoms with van der Waals surface area (Å²) in [7, 11) is 1.83. The molecule has 1 N–H and O–H groups in total. The molecule has 0 bridgehead atoms. The lowest BCUT2D eigenvalue weighted by Crippen LogP contribution is -2.05. The van der Waals surface area contributed by atoms with Crippen molar-refractivity contribution >= 4 is 6.29 Å². The highest BCUT2D eigenvalue weighted by molar-refractivity contribution is 5.79. The lowest BCUT2D eigenvalue weighted by Gasteiger charge is -1.96. The second-order valence-electron chi connectivity index (χ2n) is 3.00. The first-order valence-electron chi connectivity index (χ1n) is 4.66. The maximum absolute atomic E-state index is 12.9. The molecule has 78 valence electrons. The second kappa shape index (κ2) is 5.94. The van der Waals surface area contributed by atoms with Gasteiger partial charge in [-0.3, -0.25) is 4.79 Å². The molecule has 0 spiro atoms. The van der Waals surface area contributed by atoms with Crippen molar-refractivity contribution in [1.29, 1.82) is 0 Å². The van der Waals surface area contributed by atoms with E-state index in [0.29, 0.717) is 23.8 Å². The number of halogens is 1. The van der Waals surface area contributed by atoms with E-state index in [2.05, 4.69) is 17.2 Å². The van der Waals surface area contributed by atoms with Crippen LogP contribution in [0.4, 0.5) is 4.39 Å². The Kier molecular flexibility index (Phi) is 4.52. The molecule has 0 unspecified atom stereocenters. The summed E-state index contributed by atoms with van der Waals surface area (Å²) in [6, 6.07) is 3.96. The van der Waals surface area contributed by atoms with Crippen LogP contribution in [0.1, 0.15) is 22.3 Å². The molecule has 15 heavy (non-hydrogen) atoms. The van der Waals surface area contributed by atoms with Crippen molar-refractivity contribution in [1.82, 2.24) is 5.32 Å². The van der Waals surface area contributed by atoms with Gasteiger partial charge in [0.1, 0.15) is 5.82 Å². The summed E-state index contributed by atoms with van der Waals surface area (Å²) >= 11 is 0. The first kappa shape index (κ1) is 11.4. The molecule has 2 nitrogen and oxygen atoms in total. The van der Waals surface area contributed by atoms with Crippen molar-refractivity contribution < 1.29 is 9.18 Å².